The summed E-state index contributed by atoms with van der Waals surface area (Å²) in [5.74, 6) is 0.673. The standard InChI is InChI=1S/C9H12BrNO2/c1-9(2,12)8-7(10)6(13-3)4-5-11-8/h4-5,12H,1-3H3. The summed E-state index contributed by atoms with van der Waals surface area (Å²) in [4.78, 5) is 4.08. The van der Waals surface area contributed by atoms with Crippen LogP contribution in [-0.4, -0.2) is 17.2 Å². The number of aliphatic hydroxyl groups is 1. The second-order valence-electron chi connectivity index (χ2n) is 3.23. The Bertz CT molecular complexity index is 307. The van der Waals surface area contributed by atoms with Gasteiger partial charge in [-0.25, -0.2) is 0 Å². The van der Waals surface area contributed by atoms with Crippen molar-refractivity contribution in [2.45, 2.75) is 19.4 Å². The smallest absolute Gasteiger partial charge is 0.136 e. The zero-order valence-corrected chi connectivity index (χ0v) is 9.42. The van der Waals surface area contributed by atoms with Crippen molar-refractivity contribution in [2.24, 2.45) is 0 Å². The molecule has 1 heterocycles. The summed E-state index contributed by atoms with van der Waals surface area (Å²) in [6, 6.07) is 1.74. The molecular weight excluding hydrogens is 234 g/mol. The van der Waals surface area contributed by atoms with Gasteiger partial charge >= 0.3 is 0 Å². The number of rotatable bonds is 2. The summed E-state index contributed by atoms with van der Waals surface area (Å²) in [7, 11) is 1.58. The van der Waals surface area contributed by atoms with Crippen molar-refractivity contribution in [1.82, 2.24) is 4.98 Å². The summed E-state index contributed by atoms with van der Waals surface area (Å²) in [5, 5.41) is 9.74. The lowest BCUT2D eigenvalue weighted by molar-refractivity contribution is 0.0726. The van der Waals surface area contributed by atoms with Gasteiger partial charge in [-0.1, -0.05) is 0 Å². The molecule has 0 saturated heterocycles. The van der Waals surface area contributed by atoms with E-state index in [0.29, 0.717) is 15.9 Å². The Labute approximate surface area is 85.9 Å². The molecule has 0 amide bonds. The fourth-order valence-corrected chi connectivity index (χ4v) is 1.89. The van der Waals surface area contributed by atoms with E-state index in [1.807, 2.05) is 0 Å². The van der Waals surface area contributed by atoms with Gasteiger partial charge in [0, 0.05) is 6.20 Å². The van der Waals surface area contributed by atoms with Crippen LogP contribution in [0.2, 0.25) is 0 Å². The number of hydrogen-bond donors (Lipinski definition) is 1. The molecule has 0 aromatic carbocycles. The van der Waals surface area contributed by atoms with E-state index in [0.717, 1.165) is 0 Å². The predicted molar refractivity (Wildman–Crippen MR) is 53.7 cm³/mol. The maximum Gasteiger partial charge on any atom is 0.136 e. The van der Waals surface area contributed by atoms with Crippen LogP contribution >= 0.6 is 15.9 Å². The molecule has 3 nitrogen and oxygen atoms in total. The minimum atomic E-state index is -0.965. The van der Waals surface area contributed by atoms with Gasteiger partial charge in [0.25, 0.3) is 0 Å². The van der Waals surface area contributed by atoms with Gasteiger partial charge in [-0.15, -0.1) is 0 Å². The number of nitrogens with zero attached hydrogens (tertiary/aromatic N) is 1. The minimum Gasteiger partial charge on any atom is -0.495 e. The van der Waals surface area contributed by atoms with Crippen molar-refractivity contribution in [3.8, 4) is 5.75 Å². The molecule has 0 saturated carbocycles. The third-order valence-electron chi connectivity index (χ3n) is 1.65. The summed E-state index contributed by atoms with van der Waals surface area (Å²) >= 11 is 3.33. The van der Waals surface area contributed by atoms with Crippen LogP contribution in [0.15, 0.2) is 16.7 Å². The Kier molecular flexibility index (Phi) is 2.93. The fourth-order valence-electron chi connectivity index (χ4n) is 1.01. The normalized spacial score (nSPS) is 11.5. The zero-order chi connectivity index (χ0) is 10.1. The summed E-state index contributed by atoms with van der Waals surface area (Å²) < 4.78 is 5.78. The quantitative estimate of drug-likeness (QED) is 0.868. The first-order chi connectivity index (χ1) is 5.96. The number of methoxy groups -OCH3 is 1. The summed E-state index contributed by atoms with van der Waals surface area (Å²) in [5.41, 5.74) is -0.389. The van der Waals surface area contributed by atoms with Gasteiger partial charge in [0.05, 0.1) is 17.3 Å². The van der Waals surface area contributed by atoms with Crippen LogP contribution in [-0.2, 0) is 5.60 Å². The molecule has 0 unspecified atom stereocenters. The third kappa shape index (κ3) is 2.19. The van der Waals surface area contributed by atoms with Crippen LogP contribution in [0.1, 0.15) is 19.5 Å². The lowest BCUT2D eigenvalue weighted by Crippen LogP contribution is -2.18. The van der Waals surface area contributed by atoms with Gasteiger partial charge in [0.15, 0.2) is 0 Å². The van der Waals surface area contributed by atoms with E-state index in [1.54, 1.807) is 33.2 Å². The first-order valence-corrected chi connectivity index (χ1v) is 4.67. The van der Waals surface area contributed by atoms with Gasteiger partial charge in [-0.3, -0.25) is 4.98 Å². The summed E-state index contributed by atoms with van der Waals surface area (Å²) in [6.45, 7) is 3.36. The van der Waals surface area contributed by atoms with Crippen molar-refractivity contribution >= 4 is 15.9 Å². The van der Waals surface area contributed by atoms with Gasteiger partial charge in [0.2, 0.25) is 0 Å². The Morgan fingerprint density at radius 2 is 2.15 bits per heavy atom. The molecule has 0 atom stereocenters. The van der Waals surface area contributed by atoms with Gasteiger partial charge in [0.1, 0.15) is 11.4 Å². The van der Waals surface area contributed by atoms with Crippen molar-refractivity contribution < 1.29 is 9.84 Å². The Balaban J connectivity index is 3.24. The molecule has 0 spiro atoms. The highest BCUT2D eigenvalue weighted by molar-refractivity contribution is 9.10. The average Bonchev–Trinajstić information content (AvgIpc) is 2.02. The number of hydrogen-bond acceptors (Lipinski definition) is 3. The van der Waals surface area contributed by atoms with Crippen LogP contribution in [0, 0.1) is 0 Å². The van der Waals surface area contributed by atoms with Crippen LogP contribution in [0.25, 0.3) is 0 Å². The molecule has 13 heavy (non-hydrogen) atoms. The monoisotopic (exact) mass is 245 g/mol. The number of halogens is 1. The van der Waals surface area contributed by atoms with Gasteiger partial charge in [-0.2, -0.15) is 0 Å². The number of pyridine rings is 1. The third-order valence-corrected chi connectivity index (χ3v) is 2.42. The van der Waals surface area contributed by atoms with Crippen LogP contribution in [0.4, 0.5) is 0 Å². The highest BCUT2D eigenvalue weighted by Crippen LogP contribution is 2.32. The van der Waals surface area contributed by atoms with E-state index >= 15 is 0 Å². The fraction of sp³-hybridized carbons (Fsp3) is 0.444. The number of ether oxygens (including phenoxy) is 1. The molecule has 0 bridgehead atoms. The largest absolute Gasteiger partial charge is 0.495 e. The molecule has 0 aliphatic carbocycles. The Morgan fingerprint density at radius 3 is 2.62 bits per heavy atom. The van der Waals surface area contributed by atoms with E-state index in [2.05, 4.69) is 20.9 Å². The van der Waals surface area contributed by atoms with E-state index in [1.165, 1.54) is 0 Å². The van der Waals surface area contributed by atoms with Crippen molar-refractivity contribution in [2.75, 3.05) is 7.11 Å². The lowest BCUT2D eigenvalue weighted by Gasteiger charge is -2.18. The molecule has 4 heteroatoms. The first-order valence-electron chi connectivity index (χ1n) is 3.88. The van der Waals surface area contributed by atoms with Crippen molar-refractivity contribution in [3.63, 3.8) is 0 Å². The van der Waals surface area contributed by atoms with E-state index in [-0.39, 0.29) is 0 Å². The predicted octanol–water partition coefficient (Wildman–Crippen LogP) is 2.08. The molecule has 0 aliphatic rings. The highest BCUT2D eigenvalue weighted by atomic mass is 79.9. The molecule has 1 aromatic rings. The molecule has 0 fully saturated rings. The van der Waals surface area contributed by atoms with Gasteiger partial charge in [-0.05, 0) is 35.8 Å². The molecular formula is C9H12BrNO2. The molecule has 1 rings (SSSR count). The molecule has 1 aromatic heterocycles. The maximum absolute atomic E-state index is 9.74. The van der Waals surface area contributed by atoms with Crippen LogP contribution in [0.3, 0.4) is 0 Å². The zero-order valence-electron chi connectivity index (χ0n) is 7.84. The minimum absolute atomic E-state index is 0.576. The molecule has 0 aliphatic heterocycles. The highest BCUT2D eigenvalue weighted by Gasteiger charge is 2.22. The van der Waals surface area contributed by atoms with E-state index in [4.69, 9.17) is 4.74 Å². The van der Waals surface area contributed by atoms with Gasteiger partial charge < -0.3 is 9.84 Å². The Morgan fingerprint density at radius 1 is 1.54 bits per heavy atom. The maximum atomic E-state index is 9.74. The lowest BCUT2D eigenvalue weighted by atomic mass is 10.0. The van der Waals surface area contributed by atoms with E-state index < -0.39 is 5.60 Å². The average molecular weight is 246 g/mol. The number of aromatic nitrogens is 1. The second-order valence-corrected chi connectivity index (χ2v) is 4.03. The topological polar surface area (TPSA) is 42.4 Å². The van der Waals surface area contributed by atoms with Crippen molar-refractivity contribution in [1.29, 1.82) is 0 Å². The van der Waals surface area contributed by atoms with Crippen LogP contribution < -0.4 is 4.74 Å². The SMILES string of the molecule is COc1ccnc(C(C)(C)O)c1Br. The second kappa shape index (κ2) is 3.64. The van der Waals surface area contributed by atoms with Crippen molar-refractivity contribution in [3.05, 3.63) is 22.4 Å². The molecule has 0 radical (unpaired) electrons. The molecule has 72 valence electrons. The first kappa shape index (κ1) is 10.5. The van der Waals surface area contributed by atoms with E-state index in [9.17, 15) is 5.11 Å². The molecule has 1 N–H and O–H groups in total. The van der Waals surface area contributed by atoms with Crippen LogP contribution in [0.5, 0.6) is 5.75 Å². The summed E-state index contributed by atoms with van der Waals surface area (Å²) in [6.07, 6.45) is 1.61. The Hall–Kier alpha value is -0.610.